The van der Waals surface area contributed by atoms with Crippen LogP contribution in [0.2, 0.25) is 0 Å². The number of nitrogens with zero attached hydrogens (tertiary/aromatic N) is 5. The minimum Gasteiger partial charge on any atom is -0.378 e. The predicted octanol–water partition coefficient (Wildman–Crippen LogP) is 3.15. The first-order valence-corrected chi connectivity index (χ1v) is 11.0. The standard InChI is InChI=1S/C25H26N6O2/c1-30(2)24(32)18-5-3-17(4-6-18)15-22-27-23(20-7-8-21-19(16-20)9-10-26-21)29-25(28-22)31-11-13-33-14-12-31/h3-10,16,26H,11-15H2,1-2H3. The third kappa shape index (κ3) is 4.56. The van der Waals surface area contributed by atoms with Gasteiger partial charge in [0.05, 0.1) is 13.2 Å². The lowest BCUT2D eigenvalue weighted by molar-refractivity contribution is 0.0827. The van der Waals surface area contributed by atoms with Crippen LogP contribution < -0.4 is 4.90 Å². The van der Waals surface area contributed by atoms with Crippen LogP contribution in [-0.2, 0) is 11.2 Å². The fourth-order valence-corrected chi connectivity index (χ4v) is 3.92. The number of aromatic amines is 1. The van der Waals surface area contributed by atoms with Gasteiger partial charge in [-0.25, -0.2) is 4.98 Å². The molecule has 4 aromatic rings. The number of aromatic nitrogens is 4. The number of carbonyl (C=O) groups excluding carboxylic acids is 1. The molecule has 168 valence electrons. The highest BCUT2D eigenvalue weighted by atomic mass is 16.5. The Morgan fingerprint density at radius 1 is 1.03 bits per heavy atom. The van der Waals surface area contributed by atoms with Crippen LogP contribution in [0.1, 0.15) is 21.7 Å². The Labute approximate surface area is 192 Å². The molecule has 1 aliphatic heterocycles. The molecule has 5 rings (SSSR count). The summed E-state index contributed by atoms with van der Waals surface area (Å²) >= 11 is 0. The van der Waals surface area contributed by atoms with Gasteiger partial charge in [0.25, 0.3) is 5.91 Å². The molecule has 33 heavy (non-hydrogen) atoms. The molecule has 1 fully saturated rings. The van der Waals surface area contributed by atoms with Crippen LogP contribution in [0.3, 0.4) is 0 Å². The highest BCUT2D eigenvalue weighted by Gasteiger charge is 2.18. The number of hydrogen-bond acceptors (Lipinski definition) is 6. The molecule has 8 heteroatoms. The number of H-pyrrole nitrogens is 1. The number of hydrogen-bond donors (Lipinski definition) is 1. The van der Waals surface area contributed by atoms with Crippen molar-refractivity contribution in [1.82, 2.24) is 24.8 Å². The second-order valence-corrected chi connectivity index (χ2v) is 8.33. The predicted molar refractivity (Wildman–Crippen MR) is 127 cm³/mol. The monoisotopic (exact) mass is 442 g/mol. The summed E-state index contributed by atoms with van der Waals surface area (Å²) in [6, 6.07) is 15.8. The molecular weight excluding hydrogens is 416 g/mol. The molecule has 0 saturated carbocycles. The molecule has 2 aromatic carbocycles. The number of morpholine rings is 1. The lowest BCUT2D eigenvalue weighted by Gasteiger charge is -2.27. The Morgan fingerprint density at radius 2 is 1.82 bits per heavy atom. The Balaban J connectivity index is 1.49. The summed E-state index contributed by atoms with van der Waals surface area (Å²) in [5.74, 6) is 2.01. The topological polar surface area (TPSA) is 87.2 Å². The van der Waals surface area contributed by atoms with E-state index in [1.807, 2.05) is 48.7 Å². The number of ether oxygens (including phenoxy) is 1. The minimum absolute atomic E-state index is 0.0150. The number of rotatable bonds is 5. The van der Waals surface area contributed by atoms with Crippen LogP contribution in [0.25, 0.3) is 22.3 Å². The average molecular weight is 443 g/mol. The van der Waals surface area contributed by atoms with Crippen LogP contribution >= 0.6 is 0 Å². The third-order valence-corrected chi connectivity index (χ3v) is 5.74. The van der Waals surface area contributed by atoms with Crippen LogP contribution in [0.15, 0.2) is 54.7 Å². The summed E-state index contributed by atoms with van der Waals surface area (Å²) in [6.45, 7) is 2.82. The van der Waals surface area contributed by atoms with Crippen molar-refractivity contribution < 1.29 is 9.53 Å². The molecule has 1 N–H and O–H groups in total. The number of carbonyl (C=O) groups is 1. The quantitative estimate of drug-likeness (QED) is 0.511. The fraction of sp³-hybridized carbons (Fsp3) is 0.280. The van der Waals surface area contributed by atoms with Gasteiger partial charge in [-0.1, -0.05) is 12.1 Å². The summed E-state index contributed by atoms with van der Waals surface area (Å²) in [7, 11) is 3.50. The van der Waals surface area contributed by atoms with Crippen molar-refractivity contribution in [2.45, 2.75) is 6.42 Å². The zero-order valence-corrected chi connectivity index (χ0v) is 18.8. The first kappa shape index (κ1) is 21.1. The molecule has 0 unspecified atom stereocenters. The summed E-state index contributed by atoms with van der Waals surface area (Å²) in [5, 5.41) is 1.11. The van der Waals surface area contributed by atoms with Gasteiger partial charge in [-0.15, -0.1) is 0 Å². The van der Waals surface area contributed by atoms with E-state index in [0.717, 1.165) is 35.1 Å². The first-order chi connectivity index (χ1) is 16.1. The van der Waals surface area contributed by atoms with Crippen molar-refractivity contribution in [1.29, 1.82) is 0 Å². The molecule has 1 aliphatic rings. The maximum absolute atomic E-state index is 12.2. The third-order valence-electron chi connectivity index (χ3n) is 5.74. The number of anilines is 1. The maximum Gasteiger partial charge on any atom is 0.253 e. The normalized spacial score (nSPS) is 13.9. The largest absolute Gasteiger partial charge is 0.378 e. The summed E-state index contributed by atoms with van der Waals surface area (Å²) in [4.78, 5) is 33.5. The van der Waals surface area contributed by atoms with E-state index in [1.165, 1.54) is 0 Å². The Morgan fingerprint density at radius 3 is 2.58 bits per heavy atom. The molecule has 8 nitrogen and oxygen atoms in total. The van der Waals surface area contributed by atoms with E-state index < -0.39 is 0 Å². The number of amides is 1. The van der Waals surface area contributed by atoms with E-state index >= 15 is 0 Å². The zero-order valence-electron chi connectivity index (χ0n) is 18.8. The van der Waals surface area contributed by atoms with Crippen molar-refractivity contribution in [3.63, 3.8) is 0 Å². The van der Waals surface area contributed by atoms with E-state index in [-0.39, 0.29) is 5.91 Å². The highest BCUT2D eigenvalue weighted by molar-refractivity contribution is 5.93. The molecule has 1 amide bonds. The summed E-state index contributed by atoms with van der Waals surface area (Å²) in [6.07, 6.45) is 2.48. The van der Waals surface area contributed by atoms with Gasteiger partial charge in [0, 0.05) is 61.8 Å². The van der Waals surface area contributed by atoms with E-state index in [2.05, 4.69) is 16.0 Å². The summed E-state index contributed by atoms with van der Waals surface area (Å²) in [5.41, 5.74) is 3.73. The SMILES string of the molecule is CN(C)C(=O)c1ccc(Cc2nc(-c3ccc4[nH]ccc4c3)nc(N3CCOCC3)n2)cc1. The maximum atomic E-state index is 12.2. The van der Waals surface area contributed by atoms with Crippen molar-refractivity contribution in [3.05, 3.63) is 71.7 Å². The molecule has 0 aliphatic carbocycles. The van der Waals surface area contributed by atoms with Crippen molar-refractivity contribution >= 4 is 22.8 Å². The lowest BCUT2D eigenvalue weighted by atomic mass is 10.1. The average Bonchev–Trinajstić information content (AvgIpc) is 3.32. The van der Waals surface area contributed by atoms with Gasteiger partial charge in [-0.3, -0.25) is 4.79 Å². The van der Waals surface area contributed by atoms with Gasteiger partial charge in [-0.2, -0.15) is 9.97 Å². The lowest BCUT2D eigenvalue weighted by Crippen LogP contribution is -2.37. The highest BCUT2D eigenvalue weighted by Crippen LogP contribution is 2.24. The van der Waals surface area contributed by atoms with Crippen LogP contribution in [0.4, 0.5) is 5.95 Å². The Hall–Kier alpha value is -3.78. The number of nitrogens with one attached hydrogen (secondary N) is 1. The van der Waals surface area contributed by atoms with E-state index in [1.54, 1.807) is 19.0 Å². The van der Waals surface area contributed by atoms with Crippen molar-refractivity contribution in [2.24, 2.45) is 0 Å². The van der Waals surface area contributed by atoms with Gasteiger partial charge < -0.3 is 19.5 Å². The molecule has 1 saturated heterocycles. The molecule has 3 heterocycles. The second kappa shape index (κ2) is 8.99. The summed E-state index contributed by atoms with van der Waals surface area (Å²) < 4.78 is 5.50. The van der Waals surface area contributed by atoms with E-state index in [0.29, 0.717) is 42.8 Å². The number of benzene rings is 2. The zero-order chi connectivity index (χ0) is 22.8. The fourth-order valence-electron chi connectivity index (χ4n) is 3.92. The van der Waals surface area contributed by atoms with Gasteiger partial charge >= 0.3 is 0 Å². The molecule has 2 aromatic heterocycles. The molecule has 0 radical (unpaired) electrons. The van der Waals surface area contributed by atoms with Crippen LogP contribution in [0, 0.1) is 0 Å². The van der Waals surface area contributed by atoms with Crippen molar-refractivity contribution in [2.75, 3.05) is 45.3 Å². The van der Waals surface area contributed by atoms with Gasteiger partial charge in [0.15, 0.2) is 5.82 Å². The minimum atomic E-state index is -0.0150. The van der Waals surface area contributed by atoms with Gasteiger partial charge in [0.2, 0.25) is 5.95 Å². The Bertz CT molecular complexity index is 1280. The number of fused-ring (bicyclic) bond motifs is 1. The second-order valence-electron chi connectivity index (χ2n) is 8.33. The Kier molecular flexibility index (Phi) is 5.75. The molecule has 0 bridgehead atoms. The van der Waals surface area contributed by atoms with E-state index in [4.69, 9.17) is 19.7 Å². The smallest absolute Gasteiger partial charge is 0.253 e. The van der Waals surface area contributed by atoms with Crippen LogP contribution in [-0.4, -0.2) is 71.1 Å². The van der Waals surface area contributed by atoms with Crippen LogP contribution in [0.5, 0.6) is 0 Å². The molecular formula is C25H26N6O2. The van der Waals surface area contributed by atoms with Crippen molar-refractivity contribution in [3.8, 4) is 11.4 Å². The van der Waals surface area contributed by atoms with Gasteiger partial charge in [-0.05, 0) is 42.0 Å². The van der Waals surface area contributed by atoms with E-state index in [9.17, 15) is 4.79 Å². The first-order valence-electron chi connectivity index (χ1n) is 11.0. The molecule has 0 spiro atoms. The van der Waals surface area contributed by atoms with Gasteiger partial charge in [0.1, 0.15) is 5.82 Å². The molecule has 0 atom stereocenters.